The van der Waals surface area contributed by atoms with Gasteiger partial charge >= 0.3 is 0 Å². The van der Waals surface area contributed by atoms with Crippen LogP contribution in [0.1, 0.15) is 0 Å². The number of nitro benzene ring substituents is 1. The van der Waals surface area contributed by atoms with Crippen molar-refractivity contribution in [1.82, 2.24) is 0 Å². The van der Waals surface area contributed by atoms with E-state index in [0.29, 0.717) is 0 Å². The fourth-order valence-electron chi connectivity index (χ4n) is 0.550. The first kappa shape index (κ1) is 10.8. The quantitative estimate of drug-likeness (QED) is 0.524. The molecule has 0 aromatic heterocycles. The van der Waals surface area contributed by atoms with Crippen LogP contribution in [-0.2, 0) is 0 Å². The zero-order valence-corrected chi connectivity index (χ0v) is 6.36. The lowest BCUT2D eigenvalue weighted by atomic mass is 10.3. The van der Waals surface area contributed by atoms with Gasteiger partial charge in [0.15, 0.2) is 0 Å². The highest BCUT2D eigenvalue weighted by Crippen LogP contribution is 2.06. The Kier molecular flexibility index (Phi) is 4.55. The molecule has 0 bridgehead atoms. The van der Waals surface area contributed by atoms with Gasteiger partial charge in [0.25, 0.3) is 10.8 Å². The van der Waals surface area contributed by atoms with Crippen LogP contribution in [0.3, 0.4) is 0 Å². The number of rotatable bonds is 1. The number of hydrogen-bond acceptors (Lipinski definition) is 4. The first-order valence-corrected chi connectivity index (χ1v) is 3.06. The van der Waals surface area contributed by atoms with Crippen LogP contribution in [0.25, 0.3) is 0 Å². The summed E-state index contributed by atoms with van der Waals surface area (Å²) in [5.74, 6) is 0. The molecule has 0 atom stereocenters. The van der Waals surface area contributed by atoms with Gasteiger partial charge in [-0.1, -0.05) is 18.2 Å². The molecule has 1 N–H and O–H groups in total. The smallest absolute Gasteiger partial charge is 0.291 e. The summed E-state index contributed by atoms with van der Waals surface area (Å²) in [7, 11) is 0. The maximum absolute atomic E-state index is 10.0. The molecule has 1 aromatic carbocycles. The third-order valence-corrected chi connectivity index (χ3v) is 0.967. The van der Waals surface area contributed by atoms with Gasteiger partial charge in [-0.25, -0.2) is 0 Å². The van der Waals surface area contributed by atoms with E-state index in [1.165, 1.54) is 12.1 Å². The molecule has 7 heteroatoms. The summed E-state index contributed by atoms with van der Waals surface area (Å²) in [6.45, 7) is 0. The largest absolute Gasteiger partial charge is 0.328 e. The minimum atomic E-state index is -1.50. The molecule has 0 heterocycles. The van der Waals surface area contributed by atoms with Gasteiger partial charge in [0.2, 0.25) is 0 Å². The lowest BCUT2D eigenvalue weighted by Crippen LogP contribution is -1.84. The molecule has 0 amide bonds. The molecule has 0 aliphatic carbocycles. The molecular weight excluding hydrogens is 180 g/mol. The fourth-order valence-corrected chi connectivity index (χ4v) is 0.550. The highest BCUT2D eigenvalue weighted by atomic mass is 16.9. The molecule has 0 radical (unpaired) electrons. The average molecular weight is 186 g/mol. The third-order valence-electron chi connectivity index (χ3n) is 0.967. The van der Waals surface area contributed by atoms with Gasteiger partial charge in [0.1, 0.15) is 0 Å². The molecule has 13 heavy (non-hydrogen) atoms. The average Bonchev–Trinajstić information content (AvgIpc) is 2.05. The van der Waals surface area contributed by atoms with Gasteiger partial charge in [-0.15, -0.1) is 10.1 Å². The van der Waals surface area contributed by atoms with E-state index in [9.17, 15) is 10.1 Å². The van der Waals surface area contributed by atoms with Crippen LogP contribution in [0.4, 0.5) is 5.69 Å². The van der Waals surface area contributed by atoms with Crippen LogP contribution >= 0.6 is 0 Å². The van der Waals surface area contributed by atoms with E-state index in [2.05, 4.69) is 0 Å². The summed E-state index contributed by atoms with van der Waals surface area (Å²) < 4.78 is 0. The zero-order valence-electron chi connectivity index (χ0n) is 6.36. The predicted octanol–water partition coefficient (Wildman–Crippen LogP) is 1.25. The van der Waals surface area contributed by atoms with E-state index in [4.69, 9.17) is 15.3 Å². The molecule has 0 saturated carbocycles. The first-order valence-electron chi connectivity index (χ1n) is 3.06. The van der Waals surface area contributed by atoms with Crippen molar-refractivity contribution in [2.45, 2.75) is 0 Å². The van der Waals surface area contributed by atoms with E-state index in [0.717, 1.165) is 0 Å². The number of non-ortho nitro benzene ring substituents is 1. The Hall–Kier alpha value is -2.18. The molecule has 0 aliphatic rings. The predicted molar refractivity (Wildman–Crippen MR) is 41.9 cm³/mol. The lowest BCUT2D eigenvalue weighted by Gasteiger charge is -1.85. The maximum Gasteiger partial charge on any atom is 0.291 e. The SMILES string of the molecule is O=[N+]([O-])O.O=[N+]([O-])c1ccccc1. The van der Waals surface area contributed by atoms with E-state index in [1.807, 2.05) is 0 Å². The molecule has 0 fully saturated rings. The van der Waals surface area contributed by atoms with Crippen molar-refractivity contribution < 1.29 is 15.2 Å². The molecule has 0 spiro atoms. The summed E-state index contributed by atoms with van der Waals surface area (Å²) in [5, 5.41) is 23.6. The number of nitrogens with zero attached hydrogens (tertiary/aromatic N) is 2. The van der Waals surface area contributed by atoms with E-state index >= 15 is 0 Å². The topological polar surface area (TPSA) is 107 Å². The standard InChI is InChI=1S/C6H5NO2.HNO3/c8-7(9)6-4-2-1-3-5-6;2-1(3)4/h1-5H;(H,2,3,4). The maximum atomic E-state index is 10.0. The van der Waals surface area contributed by atoms with E-state index < -0.39 is 10.0 Å². The minimum Gasteiger partial charge on any atom is -0.328 e. The summed E-state index contributed by atoms with van der Waals surface area (Å²) in [6, 6.07) is 7.93. The monoisotopic (exact) mass is 186 g/mol. The molecule has 70 valence electrons. The van der Waals surface area contributed by atoms with Gasteiger partial charge in [-0.2, -0.15) is 0 Å². The molecular formula is C6H6N2O5. The second kappa shape index (κ2) is 5.47. The Morgan fingerprint density at radius 3 is 1.69 bits per heavy atom. The third kappa shape index (κ3) is 6.23. The Morgan fingerprint density at radius 2 is 1.46 bits per heavy atom. The second-order valence-electron chi connectivity index (χ2n) is 1.83. The van der Waals surface area contributed by atoms with Gasteiger partial charge < -0.3 is 5.21 Å². The lowest BCUT2D eigenvalue weighted by molar-refractivity contribution is -0.742. The summed E-state index contributed by atoms with van der Waals surface area (Å²) in [4.78, 5) is 18.0. The Labute approximate surface area is 72.5 Å². The van der Waals surface area contributed by atoms with Crippen molar-refractivity contribution >= 4 is 5.69 Å². The number of nitro groups is 1. The molecule has 1 rings (SSSR count). The number of benzene rings is 1. The number of hydrogen-bond donors (Lipinski definition) is 1. The first-order chi connectivity index (χ1) is 6.04. The van der Waals surface area contributed by atoms with Crippen molar-refractivity contribution in [3.63, 3.8) is 0 Å². The summed E-state index contributed by atoms with van der Waals surface area (Å²) in [6.07, 6.45) is 0. The van der Waals surface area contributed by atoms with Crippen LogP contribution in [0.2, 0.25) is 0 Å². The van der Waals surface area contributed by atoms with Gasteiger partial charge in [0, 0.05) is 12.1 Å². The Balaban J connectivity index is 0.000000310. The fraction of sp³-hybridized carbons (Fsp3) is 0. The highest BCUT2D eigenvalue weighted by Gasteiger charge is 1.98. The van der Waals surface area contributed by atoms with Crippen LogP contribution in [0.5, 0.6) is 0 Å². The van der Waals surface area contributed by atoms with Crippen molar-refractivity contribution in [2.24, 2.45) is 0 Å². The van der Waals surface area contributed by atoms with Crippen LogP contribution in [-0.4, -0.2) is 15.2 Å². The molecule has 0 saturated heterocycles. The van der Waals surface area contributed by atoms with Crippen molar-refractivity contribution in [3.05, 3.63) is 50.6 Å². The molecule has 0 aliphatic heterocycles. The van der Waals surface area contributed by atoms with Crippen LogP contribution < -0.4 is 0 Å². The van der Waals surface area contributed by atoms with Crippen molar-refractivity contribution in [3.8, 4) is 0 Å². The van der Waals surface area contributed by atoms with Crippen LogP contribution in [0, 0.1) is 20.2 Å². The summed E-state index contributed by atoms with van der Waals surface area (Å²) >= 11 is 0. The Bertz CT molecular complexity index is 282. The van der Waals surface area contributed by atoms with Crippen molar-refractivity contribution in [2.75, 3.05) is 0 Å². The highest BCUT2D eigenvalue weighted by molar-refractivity contribution is 5.27. The van der Waals surface area contributed by atoms with Gasteiger partial charge in [-0.05, 0) is 0 Å². The summed E-state index contributed by atoms with van der Waals surface area (Å²) in [5.41, 5.74) is 0.137. The number of para-hydroxylation sites is 1. The molecule has 7 nitrogen and oxygen atoms in total. The Morgan fingerprint density at radius 1 is 1.08 bits per heavy atom. The zero-order chi connectivity index (χ0) is 10.3. The van der Waals surface area contributed by atoms with E-state index in [1.54, 1.807) is 18.2 Å². The second-order valence-corrected chi connectivity index (χ2v) is 1.83. The van der Waals surface area contributed by atoms with Gasteiger partial charge in [-0.3, -0.25) is 10.1 Å². The molecule has 0 unspecified atom stereocenters. The normalized spacial score (nSPS) is 8.00. The minimum absolute atomic E-state index is 0.137. The van der Waals surface area contributed by atoms with Gasteiger partial charge in [0.05, 0.1) is 4.92 Å². The van der Waals surface area contributed by atoms with Crippen molar-refractivity contribution in [1.29, 1.82) is 0 Å². The van der Waals surface area contributed by atoms with Crippen LogP contribution in [0.15, 0.2) is 30.3 Å². The molecule has 1 aromatic rings. The van der Waals surface area contributed by atoms with E-state index in [-0.39, 0.29) is 5.69 Å².